The van der Waals surface area contributed by atoms with Crippen molar-refractivity contribution >= 4 is 10.9 Å². The second kappa shape index (κ2) is 2.49. The standard InChI is InChI=1S/C8H7N2O2/c11-5-7-6-3-1-2-4-8(6)10(12)9-7/h1-4,11H,5H2/q-1. The van der Waals surface area contributed by atoms with E-state index in [4.69, 9.17) is 5.11 Å². The largest absolute Gasteiger partial charge is 0.790 e. The molecule has 0 radical (unpaired) electrons. The van der Waals surface area contributed by atoms with Gasteiger partial charge in [-0.1, -0.05) is 18.2 Å². The van der Waals surface area contributed by atoms with Crippen LogP contribution in [0.1, 0.15) is 5.69 Å². The highest BCUT2D eigenvalue weighted by Gasteiger charge is 2.03. The van der Waals surface area contributed by atoms with Crippen LogP contribution < -0.4 is 0 Å². The molecule has 1 aromatic heterocycles. The Balaban J connectivity index is 2.82. The highest BCUT2D eigenvalue weighted by molar-refractivity contribution is 5.81. The second-order valence-electron chi connectivity index (χ2n) is 2.49. The van der Waals surface area contributed by atoms with E-state index >= 15 is 0 Å². The molecular formula is C8H7N2O2-. The second-order valence-corrected chi connectivity index (χ2v) is 2.49. The Hall–Kier alpha value is -1.55. The zero-order valence-electron chi connectivity index (χ0n) is 6.27. The number of nitrogens with zero attached hydrogens (tertiary/aromatic N) is 2. The van der Waals surface area contributed by atoms with Crippen molar-refractivity contribution in [3.05, 3.63) is 35.2 Å². The summed E-state index contributed by atoms with van der Waals surface area (Å²) in [6, 6.07) is 7.01. The lowest BCUT2D eigenvalue weighted by atomic mass is 10.2. The van der Waals surface area contributed by atoms with Crippen molar-refractivity contribution in [3.63, 3.8) is 0 Å². The van der Waals surface area contributed by atoms with Gasteiger partial charge in [0.25, 0.3) is 0 Å². The summed E-state index contributed by atoms with van der Waals surface area (Å²) in [5.74, 6) is 0. The highest BCUT2D eigenvalue weighted by Crippen LogP contribution is 2.16. The van der Waals surface area contributed by atoms with E-state index in [9.17, 15) is 5.21 Å². The Kier molecular flexibility index (Phi) is 1.48. The summed E-state index contributed by atoms with van der Waals surface area (Å²) < 4.78 is 0. The molecule has 1 heterocycles. The normalized spacial score (nSPS) is 10.8. The van der Waals surface area contributed by atoms with Gasteiger partial charge >= 0.3 is 0 Å². The predicted octanol–water partition coefficient (Wildman–Crippen LogP) is 0.874. The fraction of sp³-hybridized carbons (Fsp3) is 0.125. The Morgan fingerprint density at radius 3 is 2.92 bits per heavy atom. The van der Waals surface area contributed by atoms with Crippen LogP contribution >= 0.6 is 0 Å². The molecule has 0 amide bonds. The average molecular weight is 163 g/mol. The maximum absolute atomic E-state index is 11.1. The van der Waals surface area contributed by atoms with E-state index in [0.717, 1.165) is 5.39 Å². The van der Waals surface area contributed by atoms with Crippen LogP contribution in [0.15, 0.2) is 24.3 Å². The van der Waals surface area contributed by atoms with Crippen molar-refractivity contribution in [1.82, 2.24) is 9.94 Å². The van der Waals surface area contributed by atoms with Gasteiger partial charge in [0.15, 0.2) is 0 Å². The fourth-order valence-electron chi connectivity index (χ4n) is 1.22. The lowest BCUT2D eigenvalue weighted by molar-refractivity contribution is 0.277. The number of fused-ring (bicyclic) bond motifs is 1. The number of aliphatic hydroxyl groups is 1. The molecule has 0 saturated carbocycles. The molecule has 0 bridgehead atoms. The topological polar surface area (TPSA) is 61.1 Å². The highest BCUT2D eigenvalue weighted by atomic mass is 16.5. The summed E-state index contributed by atoms with van der Waals surface area (Å²) in [5.41, 5.74) is 0.933. The molecule has 4 heteroatoms. The molecule has 4 nitrogen and oxygen atoms in total. The van der Waals surface area contributed by atoms with Gasteiger partial charge in [0.1, 0.15) is 0 Å². The molecule has 2 rings (SSSR count). The van der Waals surface area contributed by atoms with Crippen molar-refractivity contribution in [3.8, 4) is 0 Å². The van der Waals surface area contributed by atoms with E-state index in [-0.39, 0.29) is 6.61 Å². The first-order chi connectivity index (χ1) is 5.83. The minimum absolute atomic E-state index is 0.199. The van der Waals surface area contributed by atoms with Gasteiger partial charge in [-0.05, 0) is 6.07 Å². The fourth-order valence-corrected chi connectivity index (χ4v) is 1.22. The molecule has 1 aromatic carbocycles. The number of hydrogen-bond acceptors (Lipinski definition) is 3. The van der Waals surface area contributed by atoms with E-state index in [0.29, 0.717) is 16.1 Å². The predicted molar refractivity (Wildman–Crippen MR) is 44.4 cm³/mol. The maximum atomic E-state index is 11.1. The van der Waals surface area contributed by atoms with Crippen molar-refractivity contribution in [2.45, 2.75) is 6.61 Å². The molecule has 0 atom stereocenters. The summed E-state index contributed by atoms with van der Waals surface area (Å²) in [5, 5.41) is 24.2. The van der Waals surface area contributed by atoms with Gasteiger partial charge in [-0.2, -0.15) is 5.10 Å². The quantitative estimate of drug-likeness (QED) is 0.678. The van der Waals surface area contributed by atoms with Crippen molar-refractivity contribution in [2.24, 2.45) is 0 Å². The van der Waals surface area contributed by atoms with Crippen molar-refractivity contribution < 1.29 is 5.11 Å². The third-order valence-corrected chi connectivity index (χ3v) is 1.78. The number of aromatic nitrogens is 2. The van der Waals surface area contributed by atoms with Gasteiger partial charge in [0, 0.05) is 5.39 Å². The summed E-state index contributed by atoms with van der Waals surface area (Å²) in [6.45, 7) is -0.199. The third kappa shape index (κ3) is 0.853. The molecule has 2 aromatic rings. The molecule has 0 unspecified atom stereocenters. The summed E-state index contributed by atoms with van der Waals surface area (Å²) in [7, 11) is 0. The SMILES string of the molecule is [O-]n1nc(CO)c2ccccc21. The van der Waals surface area contributed by atoms with Crippen LogP contribution in [-0.4, -0.2) is 15.1 Å². The molecule has 0 aliphatic rings. The summed E-state index contributed by atoms with van der Waals surface area (Å²) in [4.78, 5) is 0.529. The molecule has 0 saturated heterocycles. The van der Waals surface area contributed by atoms with Crippen LogP contribution in [0.5, 0.6) is 0 Å². The van der Waals surface area contributed by atoms with E-state index in [1.807, 2.05) is 6.07 Å². The van der Waals surface area contributed by atoms with E-state index in [1.54, 1.807) is 18.2 Å². The minimum Gasteiger partial charge on any atom is -0.790 e. The molecule has 0 spiro atoms. The molecule has 0 aliphatic carbocycles. The molecule has 62 valence electrons. The van der Waals surface area contributed by atoms with Crippen LogP contribution in [0.3, 0.4) is 0 Å². The van der Waals surface area contributed by atoms with Crippen molar-refractivity contribution in [2.75, 3.05) is 0 Å². The number of hydrogen-bond donors (Lipinski definition) is 1. The average Bonchev–Trinajstić information content (AvgIpc) is 2.44. The Labute approximate surface area is 68.6 Å². The van der Waals surface area contributed by atoms with Crippen molar-refractivity contribution in [1.29, 1.82) is 0 Å². The van der Waals surface area contributed by atoms with Crippen LogP contribution in [0.25, 0.3) is 10.9 Å². The molecule has 0 aliphatic heterocycles. The number of para-hydroxylation sites is 1. The molecule has 0 fully saturated rings. The van der Waals surface area contributed by atoms with E-state index in [2.05, 4.69) is 5.10 Å². The van der Waals surface area contributed by atoms with E-state index in [1.165, 1.54) is 0 Å². The van der Waals surface area contributed by atoms with Gasteiger partial charge in [0.2, 0.25) is 0 Å². The van der Waals surface area contributed by atoms with E-state index < -0.39 is 0 Å². The van der Waals surface area contributed by atoms with Gasteiger partial charge in [-0.15, -0.1) is 0 Å². The maximum Gasteiger partial charge on any atom is 0.0954 e. The zero-order valence-corrected chi connectivity index (χ0v) is 6.27. The van der Waals surface area contributed by atoms with Gasteiger partial charge < -0.3 is 10.3 Å². The van der Waals surface area contributed by atoms with Gasteiger partial charge in [0.05, 0.1) is 17.8 Å². The first-order valence-corrected chi connectivity index (χ1v) is 3.58. The first kappa shape index (κ1) is 7.12. The zero-order chi connectivity index (χ0) is 8.55. The molecular weight excluding hydrogens is 156 g/mol. The Bertz CT molecular complexity index is 408. The lowest BCUT2D eigenvalue weighted by Crippen LogP contribution is -1.89. The Morgan fingerprint density at radius 1 is 1.42 bits per heavy atom. The van der Waals surface area contributed by atoms with Crippen LogP contribution in [0.2, 0.25) is 0 Å². The number of benzene rings is 1. The Morgan fingerprint density at radius 2 is 2.17 bits per heavy atom. The number of aliphatic hydroxyl groups excluding tert-OH is 1. The third-order valence-electron chi connectivity index (χ3n) is 1.78. The monoisotopic (exact) mass is 163 g/mol. The molecule has 1 N–H and O–H groups in total. The summed E-state index contributed by atoms with van der Waals surface area (Å²) >= 11 is 0. The van der Waals surface area contributed by atoms with Crippen LogP contribution in [0.4, 0.5) is 0 Å². The minimum atomic E-state index is -0.199. The van der Waals surface area contributed by atoms with Crippen LogP contribution in [-0.2, 0) is 6.61 Å². The number of rotatable bonds is 1. The van der Waals surface area contributed by atoms with Gasteiger partial charge in [-0.25, -0.2) is 0 Å². The first-order valence-electron chi connectivity index (χ1n) is 3.58. The van der Waals surface area contributed by atoms with Gasteiger partial charge in [-0.3, -0.25) is 4.85 Å². The summed E-state index contributed by atoms with van der Waals surface area (Å²) in [6.07, 6.45) is 0. The lowest BCUT2D eigenvalue weighted by Gasteiger charge is -2.02. The smallest absolute Gasteiger partial charge is 0.0954 e. The van der Waals surface area contributed by atoms with Crippen LogP contribution in [0, 0.1) is 5.21 Å². The molecule has 12 heavy (non-hydrogen) atoms.